The standard InChI is InChI=1S/C34H32Cl2F3N3O4S/c1-3-40-33(44)31(19-24-8-5-4-6-9-24)41(21-25-14-17-29(35)30(36)18-25)32(43)22-42(27-11-7-10-26(20-27)34(37,38)39)47(45,46)28-15-12-23(2)13-16-28/h4-18,20,31H,3,19,21-22H2,1-2H3,(H,40,44)/t31-/m1/s1. The maximum atomic E-state index is 14.4. The lowest BCUT2D eigenvalue weighted by Gasteiger charge is -2.34. The van der Waals surface area contributed by atoms with E-state index in [-0.39, 0.29) is 40.1 Å². The Hall–Kier alpha value is -4.06. The van der Waals surface area contributed by atoms with Crippen LogP contribution in [-0.4, -0.2) is 44.3 Å². The van der Waals surface area contributed by atoms with Gasteiger partial charge >= 0.3 is 6.18 Å². The van der Waals surface area contributed by atoms with Crippen LogP contribution in [0.5, 0.6) is 0 Å². The van der Waals surface area contributed by atoms with Gasteiger partial charge in [0.25, 0.3) is 10.0 Å². The van der Waals surface area contributed by atoms with Crippen molar-refractivity contribution in [3.05, 3.63) is 129 Å². The number of hydrogen-bond acceptors (Lipinski definition) is 4. The molecular formula is C34H32Cl2F3N3O4S. The number of rotatable bonds is 12. The molecule has 0 unspecified atom stereocenters. The molecule has 0 aliphatic rings. The van der Waals surface area contributed by atoms with E-state index in [0.717, 1.165) is 23.3 Å². The van der Waals surface area contributed by atoms with Gasteiger partial charge in [-0.25, -0.2) is 8.42 Å². The largest absolute Gasteiger partial charge is 0.416 e. The molecule has 0 heterocycles. The third-order valence-electron chi connectivity index (χ3n) is 7.31. The van der Waals surface area contributed by atoms with Gasteiger partial charge in [-0.1, -0.05) is 83.4 Å². The first-order chi connectivity index (χ1) is 22.2. The average Bonchev–Trinajstić information content (AvgIpc) is 3.03. The van der Waals surface area contributed by atoms with E-state index >= 15 is 0 Å². The van der Waals surface area contributed by atoms with Crippen molar-refractivity contribution < 1.29 is 31.2 Å². The second-order valence-electron chi connectivity index (χ2n) is 10.7. The van der Waals surface area contributed by atoms with Gasteiger partial charge in [-0.2, -0.15) is 13.2 Å². The van der Waals surface area contributed by atoms with E-state index in [9.17, 15) is 31.2 Å². The third kappa shape index (κ3) is 9.06. The zero-order chi connectivity index (χ0) is 34.4. The van der Waals surface area contributed by atoms with Crippen molar-refractivity contribution in [3.8, 4) is 0 Å². The fourth-order valence-corrected chi connectivity index (χ4v) is 6.61. The highest BCUT2D eigenvalue weighted by molar-refractivity contribution is 7.92. The van der Waals surface area contributed by atoms with Crippen LogP contribution in [0.25, 0.3) is 0 Å². The number of alkyl halides is 3. The predicted octanol–water partition coefficient (Wildman–Crippen LogP) is 7.29. The molecule has 0 aliphatic heterocycles. The number of likely N-dealkylation sites (N-methyl/N-ethyl adjacent to an activating group) is 1. The van der Waals surface area contributed by atoms with Gasteiger partial charge in [-0.3, -0.25) is 13.9 Å². The number of halogens is 5. The maximum Gasteiger partial charge on any atom is 0.416 e. The van der Waals surface area contributed by atoms with Crippen LogP contribution < -0.4 is 9.62 Å². The highest BCUT2D eigenvalue weighted by atomic mass is 35.5. The average molecular weight is 707 g/mol. The first-order valence-corrected chi connectivity index (χ1v) is 16.7. The zero-order valence-corrected chi connectivity index (χ0v) is 27.8. The first kappa shape index (κ1) is 35.8. The summed E-state index contributed by atoms with van der Waals surface area (Å²) in [4.78, 5) is 28.9. The molecule has 248 valence electrons. The lowest BCUT2D eigenvalue weighted by Crippen LogP contribution is -2.53. The number of hydrogen-bond donors (Lipinski definition) is 1. The third-order valence-corrected chi connectivity index (χ3v) is 9.84. The summed E-state index contributed by atoms with van der Waals surface area (Å²) < 4.78 is 70.0. The molecule has 4 aromatic rings. The van der Waals surface area contributed by atoms with Crippen LogP contribution >= 0.6 is 23.2 Å². The summed E-state index contributed by atoms with van der Waals surface area (Å²) in [6, 6.07) is 21.9. The molecule has 1 atom stereocenters. The SMILES string of the molecule is CCNC(=O)[C@@H](Cc1ccccc1)N(Cc1ccc(Cl)c(Cl)c1)C(=O)CN(c1cccc(C(F)(F)F)c1)S(=O)(=O)c1ccc(C)cc1. The molecule has 0 aromatic heterocycles. The Kier molecular flexibility index (Phi) is 11.6. The molecule has 7 nitrogen and oxygen atoms in total. The number of sulfonamides is 1. The highest BCUT2D eigenvalue weighted by Gasteiger charge is 2.36. The van der Waals surface area contributed by atoms with Crippen LogP contribution in [0.15, 0.2) is 102 Å². The van der Waals surface area contributed by atoms with Crippen LogP contribution in [0.4, 0.5) is 18.9 Å². The topological polar surface area (TPSA) is 86.8 Å². The second-order valence-corrected chi connectivity index (χ2v) is 13.4. The Labute approximate surface area is 282 Å². The molecule has 47 heavy (non-hydrogen) atoms. The minimum atomic E-state index is -4.78. The van der Waals surface area contributed by atoms with Gasteiger partial charge in [-0.05, 0) is 67.4 Å². The van der Waals surface area contributed by atoms with Crippen LogP contribution in [0.3, 0.4) is 0 Å². The molecule has 13 heteroatoms. The maximum absolute atomic E-state index is 14.4. The van der Waals surface area contributed by atoms with Gasteiger partial charge in [0.1, 0.15) is 12.6 Å². The summed E-state index contributed by atoms with van der Waals surface area (Å²) in [6.07, 6.45) is -4.72. The molecular weight excluding hydrogens is 674 g/mol. The monoisotopic (exact) mass is 705 g/mol. The van der Waals surface area contributed by atoms with Crippen LogP contribution in [0, 0.1) is 6.92 Å². The van der Waals surface area contributed by atoms with Crippen molar-refractivity contribution in [3.63, 3.8) is 0 Å². The molecule has 0 fully saturated rings. The number of nitrogens with zero attached hydrogens (tertiary/aromatic N) is 2. The lowest BCUT2D eigenvalue weighted by atomic mass is 10.0. The van der Waals surface area contributed by atoms with Gasteiger partial charge in [0.2, 0.25) is 11.8 Å². The van der Waals surface area contributed by atoms with Gasteiger partial charge < -0.3 is 10.2 Å². The van der Waals surface area contributed by atoms with Gasteiger partial charge in [-0.15, -0.1) is 0 Å². The van der Waals surface area contributed by atoms with E-state index in [1.54, 1.807) is 62.4 Å². The van der Waals surface area contributed by atoms with Crippen molar-refractivity contribution in [2.75, 3.05) is 17.4 Å². The molecule has 0 bridgehead atoms. The predicted molar refractivity (Wildman–Crippen MR) is 177 cm³/mol. The highest BCUT2D eigenvalue weighted by Crippen LogP contribution is 2.34. The van der Waals surface area contributed by atoms with Crippen molar-refractivity contribution >= 4 is 50.7 Å². The van der Waals surface area contributed by atoms with E-state index in [0.29, 0.717) is 15.9 Å². The minimum absolute atomic E-state index is 0.0635. The van der Waals surface area contributed by atoms with E-state index in [1.807, 2.05) is 0 Å². The number of carbonyl (C=O) groups is 2. The summed E-state index contributed by atoms with van der Waals surface area (Å²) in [5.41, 5.74) is 0.494. The van der Waals surface area contributed by atoms with Crippen molar-refractivity contribution in [2.45, 2.75) is 43.9 Å². The zero-order valence-electron chi connectivity index (χ0n) is 25.5. The number of nitrogens with one attached hydrogen (secondary N) is 1. The lowest BCUT2D eigenvalue weighted by molar-refractivity contribution is -0.140. The number of aryl methyl sites for hydroxylation is 1. The van der Waals surface area contributed by atoms with E-state index in [1.165, 1.54) is 35.2 Å². The molecule has 0 saturated carbocycles. The Morgan fingerprint density at radius 3 is 2.15 bits per heavy atom. The van der Waals surface area contributed by atoms with Crippen LogP contribution in [-0.2, 0) is 38.8 Å². The number of carbonyl (C=O) groups excluding carboxylic acids is 2. The van der Waals surface area contributed by atoms with Crippen molar-refractivity contribution in [2.24, 2.45) is 0 Å². The summed E-state index contributed by atoms with van der Waals surface area (Å²) in [5, 5.41) is 3.20. The summed E-state index contributed by atoms with van der Waals surface area (Å²) in [5.74, 6) is -1.34. The minimum Gasteiger partial charge on any atom is -0.355 e. The second kappa shape index (κ2) is 15.2. The number of benzene rings is 4. The fraction of sp³-hybridized carbons (Fsp3) is 0.235. The molecule has 4 aromatic carbocycles. The Bertz CT molecular complexity index is 1820. The van der Waals surface area contributed by atoms with Gasteiger partial charge in [0.15, 0.2) is 0 Å². The van der Waals surface area contributed by atoms with Crippen LogP contribution in [0.1, 0.15) is 29.2 Å². The molecule has 0 spiro atoms. The molecule has 0 radical (unpaired) electrons. The van der Waals surface area contributed by atoms with Crippen LogP contribution in [0.2, 0.25) is 10.0 Å². The van der Waals surface area contributed by atoms with Gasteiger partial charge in [0, 0.05) is 19.5 Å². The van der Waals surface area contributed by atoms with E-state index < -0.39 is 46.2 Å². The molecule has 1 N–H and O–H groups in total. The number of amides is 2. The van der Waals surface area contributed by atoms with Crippen molar-refractivity contribution in [1.82, 2.24) is 10.2 Å². The summed E-state index contributed by atoms with van der Waals surface area (Å²) in [6.45, 7) is 2.61. The summed E-state index contributed by atoms with van der Waals surface area (Å²) in [7, 11) is -4.58. The number of anilines is 1. The molecule has 0 aliphatic carbocycles. The summed E-state index contributed by atoms with van der Waals surface area (Å²) >= 11 is 12.4. The van der Waals surface area contributed by atoms with E-state index in [4.69, 9.17) is 23.2 Å². The molecule has 4 rings (SSSR count). The smallest absolute Gasteiger partial charge is 0.355 e. The van der Waals surface area contributed by atoms with Crippen molar-refractivity contribution in [1.29, 1.82) is 0 Å². The first-order valence-electron chi connectivity index (χ1n) is 14.5. The molecule has 2 amide bonds. The van der Waals surface area contributed by atoms with E-state index in [2.05, 4.69) is 5.32 Å². The Morgan fingerprint density at radius 1 is 0.851 bits per heavy atom. The normalized spacial score (nSPS) is 12.3. The Morgan fingerprint density at radius 2 is 1.53 bits per heavy atom. The molecule has 0 saturated heterocycles. The quantitative estimate of drug-likeness (QED) is 0.168. The Balaban J connectivity index is 1.85. The fourth-order valence-electron chi connectivity index (χ4n) is 4.88. The van der Waals surface area contributed by atoms with Gasteiger partial charge in [0.05, 0.1) is 26.2 Å².